The van der Waals surface area contributed by atoms with Gasteiger partial charge in [-0.05, 0) is 116 Å². The van der Waals surface area contributed by atoms with Crippen LogP contribution < -0.4 is 0 Å². The monoisotopic (exact) mass is 752 g/mol. The molecule has 278 valence electrons. The second kappa shape index (κ2) is 12.8. The van der Waals surface area contributed by atoms with Crippen molar-refractivity contribution in [1.29, 1.82) is 0 Å². The first kappa shape index (κ1) is 33.7. The standard InChI is InChI=1S/C57H40N2/c1-57(2)51-22-12-9-19-45(51)46-29-27-43(36-52(46)57)58-53-23-13-10-20-47(53)49-28-25-40(35-56(49)58)39-26-30-55-50(34-39)48-21-11-14-24-54(48)59(55)44-32-41(37-15-5-3-6-16-37)31-42(33-44)38-17-7-4-8-18-38/h3-36H,1-2H3. The first-order chi connectivity index (χ1) is 29.0. The lowest BCUT2D eigenvalue weighted by atomic mass is 9.82. The molecule has 0 fully saturated rings. The van der Waals surface area contributed by atoms with Crippen LogP contribution in [0.5, 0.6) is 0 Å². The molecule has 0 radical (unpaired) electrons. The number of aromatic nitrogens is 2. The van der Waals surface area contributed by atoms with Gasteiger partial charge < -0.3 is 9.13 Å². The van der Waals surface area contributed by atoms with Gasteiger partial charge in [-0.3, -0.25) is 0 Å². The summed E-state index contributed by atoms with van der Waals surface area (Å²) in [6.07, 6.45) is 0. The van der Waals surface area contributed by atoms with Crippen LogP contribution >= 0.6 is 0 Å². The molecular weight excluding hydrogens is 713 g/mol. The molecule has 2 heterocycles. The van der Waals surface area contributed by atoms with Crippen LogP contribution in [0.1, 0.15) is 25.0 Å². The van der Waals surface area contributed by atoms with E-state index in [0.717, 1.165) is 5.69 Å². The topological polar surface area (TPSA) is 9.86 Å². The van der Waals surface area contributed by atoms with Gasteiger partial charge in [0.15, 0.2) is 0 Å². The fourth-order valence-corrected chi connectivity index (χ4v) is 10.0. The third kappa shape index (κ3) is 5.13. The minimum atomic E-state index is -0.0770. The summed E-state index contributed by atoms with van der Waals surface area (Å²) in [5.41, 5.74) is 19.8. The van der Waals surface area contributed by atoms with Gasteiger partial charge in [0.1, 0.15) is 0 Å². The molecule has 0 saturated carbocycles. The quantitative estimate of drug-likeness (QED) is 0.166. The molecule has 0 atom stereocenters. The highest BCUT2D eigenvalue weighted by Crippen LogP contribution is 2.49. The van der Waals surface area contributed by atoms with Crippen molar-refractivity contribution in [2.45, 2.75) is 19.3 Å². The molecule has 0 saturated heterocycles. The predicted octanol–water partition coefficient (Wildman–Crippen LogP) is 15.2. The summed E-state index contributed by atoms with van der Waals surface area (Å²) in [5.74, 6) is 0. The van der Waals surface area contributed by atoms with E-state index in [1.54, 1.807) is 0 Å². The van der Waals surface area contributed by atoms with Crippen molar-refractivity contribution in [2.75, 3.05) is 0 Å². The van der Waals surface area contributed by atoms with Crippen LogP contribution in [0.2, 0.25) is 0 Å². The van der Waals surface area contributed by atoms with Crippen LogP contribution in [-0.4, -0.2) is 9.13 Å². The molecule has 59 heavy (non-hydrogen) atoms. The Balaban J connectivity index is 1.04. The van der Waals surface area contributed by atoms with Crippen LogP contribution in [0.4, 0.5) is 0 Å². The largest absolute Gasteiger partial charge is 0.309 e. The lowest BCUT2D eigenvalue weighted by Crippen LogP contribution is -2.15. The third-order valence-electron chi connectivity index (χ3n) is 12.9. The Kier molecular flexibility index (Phi) is 7.31. The summed E-state index contributed by atoms with van der Waals surface area (Å²) in [4.78, 5) is 0. The third-order valence-corrected chi connectivity index (χ3v) is 12.9. The minimum absolute atomic E-state index is 0.0770. The number of hydrogen-bond acceptors (Lipinski definition) is 0. The number of benzene rings is 9. The van der Waals surface area contributed by atoms with Gasteiger partial charge in [-0.15, -0.1) is 0 Å². The van der Waals surface area contributed by atoms with E-state index in [4.69, 9.17) is 0 Å². The Morgan fingerprint density at radius 3 is 1.53 bits per heavy atom. The smallest absolute Gasteiger partial charge is 0.0547 e. The van der Waals surface area contributed by atoms with Crippen molar-refractivity contribution in [3.8, 4) is 55.9 Å². The van der Waals surface area contributed by atoms with E-state index < -0.39 is 0 Å². The van der Waals surface area contributed by atoms with Crippen molar-refractivity contribution < 1.29 is 0 Å². The van der Waals surface area contributed by atoms with Crippen molar-refractivity contribution in [3.05, 3.63) is 217 Å². The summed E-state index contributed by atoms with van der Waals surface area (Å²) in [6, 6.07) is 76.2. The molecule has 0 aliphatic heterocycles. The number of fused-ring (bicyclic) bond motifs is 9. The van der Waals surface area contributed by atoms with Gasteiger partial charge in [-0.2, -0.15) is 0 Å². The van der Waals surface area contributed by atoms with Crippen molar-refractivity contribution in [1.82, 2.24) is 9.13 Å². The van der Waals surface area contributed by atoms with Gasteiger partial charge in [0.25, 0.3) is 0 Å². The first-order valence-electron chi connectivity index (χ1n) is 20.6. The fraction of sp³-hybridized carbons (Fsp3) is 0.0526. The molecule has 9 aromatic carbocycles. The molecule has 0 N–H and O–H groups in total. The SMILES string of the molecule is CC1(C)c2ccccc2-c2ccc(-n3c4ccccc4c4ccc(-c5ccc6c(c5)c5ccccc5n6-c5cc(-c6ccccc6)cc(-c6ccccc6)c5)cc43)cc21. The van der Waals surface area contributed by atoms with Crippen LogP contribution in [0.3, 0.4) is 0 Å². The van der Waals surface area contributed by atoms with E-state index >= 15 is 0 Å². The average molecular weight is 753 g/mol. The summed E-state index contributed by atoms with van der Waals surface area (Å²) in [7, 11) is 0. The molecule has 0 spiro atoms. The molecule has 2 nitrogen and oxygen atoms in total. The molecule has 0 unspecified atom stereocenters. The van der Waals surface area contributed by atoms with E-state index in [1.165, 1.54) is 105 Å². The first-order valence-corrected chi connectivity index (χ1v) is 20.6. The molecule has 0 amide bonds. The maximum atomic E-state index is 2.47. The second-order valence-electron chi connectivity index (χ2n) is 16.6. The minimum Gasteiger partial charge on any atom is -0.309 e. The van der Waals surface area contributed by atoms with Crippen molar-refractivity contribution in [2.24, 2.45) is 0 Å². The van der Waals surface area contributed by atoms with Gasteiger partial charge in [-0.25, -0.2) is 0 Å². The van der Waals surface area contributed by atoms with Gasteiger partial charge in [0.05, 0.1) is 22.1 Å². The Labute approximate surface area is 343 Å². The Bertz CT molecular complexity index is 3400. The maximum absolute atomic E-state index is 2.47. The van der Waals surface area contributed by atoms with Crippen LogP contribution in [0.25, 0.3) is 99.5 Å². The Hall–Kier alpha value is -7.42. The van der Waals surface area contributed by atoms with Crippen LogP contribution in [-0.2, 0) is 5.41 Å². The Morgan fingerprint density at radius 1 is 0.288 bits per heavy atom. The number of nitrogens with zero attached hydrogens (tertiary/aromatic N) is 2. The van der Waals surface area contributed by atoms with Crippen molar-refractivity contribution in [3.63, 3.8) is 0 Å². The van der Waals surface area contributed by atoms with Gasteiger partial charge in [0.2, 0.25) is 0 Å². The maximum Gasteiger partial charge on any atom is 0.0547 e. The zero-order chi connectivity index (χ0) is 39.2. The van der Waals surface area contributed by atoms with Crippen molar-refractivity contribution >= 4 is 43.6 Å². The normalized spacial score (nSPS) is 13.1. The molecule has 12 rings (SSSR count). The van der Waals surface area contributed by atoms with Gasteiger partial charge in [-0.1, -0.05) is 159 Å². The lowest BCUT2D eigenvalue weighted by molar-refractivity contribution is 0.660. The molecule has 2 aromatic heterocycles. The zero-order valence-electron chi connectivity index (χ0n) is 33.0. The summed E-state index contributed by atoms with van der Waals surface area (Å²) in [6.45, 7) is 4.72. The number of rotatable bonds is 5. The van der Waals surface area contributed by atoms with Gasteiger partial charge in [0, 0.05) is 38.3 Å². The van der Waals surface area contributed by atoms with Crippen LogP contribution in [0, 0.1) is 0 Å². The van der Waals surface area contributed by atoms with E-state index in [1.807, 2.05) is 0 Å². The zero-order valence-corrected chi connectivity index (χ0v) is 33.0. The summed E-state index contributed by atoms with van der Waals surface area (Å²) < 4.78 is 4.92. The second-order valence-corrected chi connectivity index (χ2v) is 16.6. The average Bonchev–Trinajstić information content (AvgIpc) is 3.89. The van der Waals surface area contributed by atoms with Gasteiger partial charge >= 0.3 is 0 Å². The summed E-state index contributed by atoms with van der Waals surface area (Å²) in [5, 5.41) is 5.01. The predicted molar refractivity (Wildman–Crippen MR) is 249 cm³/mol. The number of hydrogen-bond donors (Lipinski definition) is 0. The van der Waals surface area contributed by atoms with E-state index in [-0.39, 0.29) is 5.41 Å². The molecule has 0 bridgehead atoms. The molecule has 1 aliphatic carbocycles. The van der Waals surface area contributed by atoms with Crippen LogP contribution in [0.15, 0.2) is 206 Å². The number of para-hydroxylation sites is 2. The molecule has 1 aliphatic rings. The lowest BCUT2D eigenvalue weighted by Gasteiger charge is -2.22. The molecule has 2 heteroatoms. The summed E-state index contributed by atoms with van der Waals surface area (Å²) >= 11 is 0. The highest BCUT2D eigenvalue weighted by molar-refractivity contribution is 6.12. The van der Waals surface area contributed by atoms with E-state index in [9.17, 15) is 0 Å². The van der Waals surface area contributed by atoms with E-state index in [2.05, 4.69) is 229 Å². The molecule has 11 aromatic rings. The highest BCUT2D eigenvalue weighted by Gasteiger charge is 2.35. The van der Waals surface area contributed by atoms with E-state index in [0.29, 0.717) is 0 Å². The fourth-order valence-electron chi connectivity index (χ4n) is 10.0. The molecular formula is C57H40N2. The highest BCUT2D eigenvalue weighted by atomic mass is 15.0. The Morgan fingerprint density at radius 2 is 0.814 bits per heavy atom.